The number of nitrogens with one attached hydrogen (secondary N) is 3. The molecular formula is C22H20ClN3O2. The average Bonchev–Trinajstić information content (AvgIpc) is 2.67. The molecule has 3 aromatic rings. The number of aryl methyl sites for hydroxylation is 2. The maximum atomic E-state index is 12.7. The molecular weight excluding hydrogens is 374 g/mol. The van der Waals surface area contributed by atoms with E-state index in [9.17, 15) is 9.59 Å². The smallest absolute Gasteiger partial charge is 0.322 e. The zero-order valence-corrected chi connectivity index (χ0v) is 16.3. The SMILES string of the molecule is Cc1ccc(NC(=O)c2ccccc2NC(=O)Nc2ccc(Cl)cc2)cc1C. The van der Waals surface area contributed by atoms with Crippen LogP contribution >= 0.6 is 11.6 Å². The number of hydrogen-bond donors (Lipinski definition) is 3. The molecule has 0 fully saturated rings. The summed E-state index contributed by atoms with van der Waals surface area (Å²) in [7, 11) is 0. The first kappa shape index (κ1) is 19.5. The second-order valence-corrected chi connectivity index (χ2v) is 6.82. The Hall–Kier alpha value is -3.31. The van der Waals surface area contributed by atoms with Gasteiger partial charge in [-0.3, -0.25) is 4.79 Å². The van der Waals surface area contributed by atoms with Crippen molar-refractivity contribution in [3.8, 4) is 0 Å². The van der Waals surface area contributed by atoms with E-state index >= 15 is 0 Å². The number of urea groups is 1. The van der Waals surface area contributed by atoms with E-state index in [1.165, 1.54) is 0 Å². The second kappa shape index (κ2) is 8.59. The summed E-state index contributed by atoms with van der Waals surface area (Å²) in [6, 6.07) is 18.9. The van der Waals surface area contributed by atoms with Crippen molar-refractivity contribution in [3.63, 3.8) is 0 Å². The molecule has 3 aromatic carbocycles. The largest absolute Gasteiger partial charge is 0.323 e. The number of halogens is 1. The van der Waals surface area contributed by atoms with Crippen molar-refractivity contribution < 1.29 is 9.59 Å². The molecule has 0 atom stereocenters. The molecule has 0 saturated heterocycles. The Morgan fingerprint density at radius 3 is 2.14 bits per heavy atom. The minimum absolute atomic E-state index is 0.300. The predicted molar refractivity (Wildman–Crippen MR) is 114 cm³/mol. The molecule has 6 heteroatoms. The van der Waals surface area contributed by atoms with Gasteiger partial charge < -0.3 is 16.0 Å². The fourth-order valence-corrected chi connectivity index (χ4v) is 2.75. The fraction of sp³-hybridized carbons (Fsp3) is 0.0909. The van der Waals surface area contributed by atoms with Crippen LogP contribution in [0.25, 0.3) is 0 Å². The summed E-state index contributed by atoms with van der Waals surface area (Å²) in [4.78, 5) is 25.0. The standard InChI is InChI=1S/C22H20ClN3O2/c1-14-7-10-18(13-15(14)2)24-21(27)19-5-3-4-6-20(19)26-22(28)25-17-11-8-16(23)9-12-17/h3-13H,1-2H3,(H,24,27)(H2,25,26,28). The van der Waals surface area contributed by atoms with Crippen molar-refractivity contribution in [1.29, 1.82) is 0 Å². The highest BCUT2D eigenvalue weighted by molar-refractivity contribution is 6.30. The normalized spacial score (nSPS) is 10.2. The second-order valence-electron chi connectivity index (χ2n) is 6.38. The molecule has 0 unspecified atom stereocenters. The van der Waals surface area contributed by atoms with Gasteiger partial charge in [-0.05, 0) is 73.5 Å². The maximum Gasteiger partial charge on any atom is 0.323 e. The molecule has 28 heavy (non-hydrogen) atoms. The minimum atomic E-state index is -0.450. The first-order valence-electron chi connectivity index (χ1n) is 8.73. The van der Waals surface area contributed by atoms with Gasteiger partial charge in [0, 0.05) is 16.4 Å². The maximum absolute atomic E-state index is 12.7. The first-order chi connectivity index (χ1) is 13.4. The molecule has 0 aliphatic heterocycles. The number of anilines is 3. The van der Waals surface area contributed by atoms with Crippen LogP contribution in [0.3, 0.4) is 0 Å². The van der Waals surface area contributed by atoms with Crippen molar-refractivity contribution >= 4 is 40.6 Å². The number of carbonyl (C=O) groups excluding carboxylic acids is 2. The van der Waals surface area contributed by atoms with E-state index < -0.39 is 6.03 Å². The van der Waals surface area contributed by atoms with E-state index in [4.69, 9.17) is 11.6 Å². The molecule has 0 aliphatic carbocycles. The highest BCUT2D eigenvalue weighted by Gasteiger charge is 2.14. The summed E-state index contributed by atoms with van der Waals surface area (Å²) in [6.45, 7) is 4.00. The number of amides is 3. The van der Waals surface area contributed by atoms with Crippen molar-refractivity contribution in [3.05, 3.63) is 88.4 Å². The lowest BCUT2D eigenvalue weighted by molar-refractivity contribution is 0.102. The molecule has 3 N–H and O–H groups in total. The van der Waals surface area contributed by atoms with Gasteiger partial charge in [0.25, 0.3) is 5.91 Å². The summed E-state index contributed by atoms with van der Waals surface area (Å²) in [5, 5.41) is 8.88. The van der Waals surface area contributed by atoms with Crippen molar-refractivity contribution in [1.82, 2.24) is 0 Å². The summed E-state index contributed by atoms with van der Waals surface area (Å²) >= 11 is 5.85. The number of carbonyl (C=O) groups is 2. The highest BCUT2D eigenvalue weighted by Crippen LogP contribution is 2.20. The zero-order valence-electron chi connectivity index (χ0n) is 15.5. The summed E-state index contributed by atoms with van der Waals surface area (Å²) in [6.07, 6.45) is 0. The van der Waals surface area contributed by atoms with Crippen molar-refractivity contribution in [2.24, 2.45) is 0 Å². The van der Waals surface area contributed by atoms with Gasteiger partial charge in [0.2, 0.25) is 0 Å². The molecule has 3 amide bonds. The van der Waals surface area contributed by atoms with E-state index in [1.807, 2.05) is 32.0 Å². The van der Waals surface area contributed by atoms with E-state index in [-0.39, 0.29) is 5.91 Å². The molecule has 0 spiro atoms. The monoisotopic (exact) mass is 393 g/mol. The van der Waals surface area contributed by atoms with Crippen molar-refractivity contribution in [2.75, 3.05) is 16.0 Å². The van der Waals surface area contributed by atoms with Crippen LogP contribution in [0.5, 0.6) is 0 Å². The third-order valence-electron chi connectivity index (χ3n) is 4.29. The third kappa shape index (κ3) is 4.90. The van der Waals surface area contributed by atoms with E-state index in [1.54, 1.807) is 48.5 Å². The first-order valence-corrected chi connectivity index (χ1v) is 9.11. The zero-order chi connectivity index (χ0) is 20.1. The Labute approximate surface area is 168 Å². The molecule has 3 rings (SSSR count). The molecule has 0 heterocycles. The van der Waals surface area contributed by atoms with Gasteiger partial charge in [0.1, 0.15) is 0 Å². The fourth-order valence-electron chi connectivity index (χ4n) is 2.63. The highest BCUT2D eigenvalue weighted by atomic mass is 35.5. The van der Waals surface area contributed by atoms with Crippen LogP contribution in [0.15, 0.2) is 66.7 Å². The van der Waals surface area contributed by atoms with E-state index in [2.05, 4.69) is 16.0 Å². The number of para-hydroxylation sites is 1. The van der Waals surface area contributed by atoms with Crippen LogP contribution in [0, 0.1) is 13.8 Å². The Balaban J connectivity index is 1.72. The molecule has 0 aromatic heterocycles. The van der Waals surface area contributed by atoms with Crippen molar-refractivity contribution in [2.45, 2.75) is 13.8 Å². The van der Waals surface area contributed by atoms with E-state index in [0.717, 1.165) is 11.1 Å². The molecule has 0 saturated carbocycles. The summed E-state index contributed by atoms with van der Waals surface area (Å²) in [5.41, 5.74) is 4.32. The van der Waals surface area contributed by atoms with Gasteiger partial charge >= 0.3 is 6.03 Å². The van der Waals surface area contributed by atoms with Crippen LogP contribution < -0.4 is 16.0 Å². The average molecular weight is 394 g/mol. The van der Waals surface area contributed by atoms with Gasteiger partial charge in [-0.1, -0.05) is 29.8 Å². The number of benzene rings is 3. The Kier molecular flexibility index (Phi) is 5.96. The van der Waals surface area contributed by atoms with Gasteiger partial charge in [-0.2, -0.15) is 0 Å². The Morgan fingerprint density at radius 1 is 0.750 bits per heavy atom. The quantitative estimate of drug-likeness (QED) is 0.520. The molecule has 142 valence electrons. The summed E-state index contributed by atoms with van der Waals surface area (Å²) < 4.78 is 0. The third-order valence-corrected chi connectivity index (χ3v) is 4.54. The van der Waals surface area contributed by atoms with Gasteiger partial charge in [0.05, 0.1) is 11.3 Å². The van der Waals surface area contributed by atoms with Gasteiger partial charge in [-0.25, -0.2) is 4.79 Å². The molecule has 0 radical (unpaired) electrons. The number of hydrogen-bond acceptors (Lipinski definition) is 2. The predicted octanol–water partition coefficient (Wildman–Crippen LogP) is 5.85. The lowest BCUT2D eigenvalue weighted by Crippen LogP contribution is -2.22. The van der Waals surface area contributed by atoms with Crippen LogP contribution in [-0.2, 0) is 0 Å². The topological polar surface area (TPSA) is 70.2 Å². The lowest BCUT2D eigenvalue weighted by Gasteiger charge is -2.13. The van der Waals surface area contributed by atoms with Gasteiger partial charge in [-0.15, -0.1) is 0 Å². The van der Waals surface area contributed by atoms with Crippen LogP contribution in [0.2, 0.25) is 5.02 Å². The van der Waals surface area contributed by atoms with Crippen LogP contribution in [0.4, 0.5) is 21.9 Å². The Morgan fingerprint density at radius 2 is 1.43 bits per heavy atom. The van der Waals surface area contributed by atoms with Gasteiger partial charge in [0.15, 0.2) is 0 Å². The lowest BCUT2D eigenvalue weighted by atomic mass is 10.1. The van der Waals surface area contributed by atoms with E-state index in [0.29, 0.717) is 27.6 Å². The number of rotatable bonds is 4. The Bertz CT molecular complexity index is 1020. The van der Waals surface area contributed by atoms with Crippen LogP contribution in [0.1, 0.15) is 21.5 Å². The molecule has 0 aliphatic rings. The summed E-state index contributed by atoms with van der Waals surface area (Å²) in [5.74, 6) is -0.300. The minimum Gasteiger partial charge on any atom is -0.322 e. The molecule has 5 nitrogen and oxygen atoms in total. The van der Waals surface area contributed by atoms with Crippen LogP contribution in [-0.4, -0.2) is 11.9 Å². The molecule has 0 bridgehead atoms.